The summed E-state index contributed by atoms with van der Waals surface area (Å²) in [6, 6.07) is 7.63. The summed E-state index contributed by atoms with van der Waals surface area (Å²) in [6.45, 7) is 2.66. The summed E-state index contributed by atoms with van der Waals surface area (Å²) < 4.78 is 5.71. The van der Waals surface area contributed by atoms with Gasteiger partial charge in [0.25, 0.3) is 0 Å². The van der Waals surface area contributed by atoms with Gasteiger partial charge in [-0.15, -0.1) is 0 Å². The fourth-order valence-corrected chi connectivity index (χ4v) is 1.56. The molecule has 4 nitrogen and oxygen atoms in total. The third kappa shape index (κ3) is 3.80. The molecular formula is C15H15N3O. The van der Waals surface area contributed by atoms with Gasteiger partial charge in [-0.1, -0.05) is 17.9 Å². The fourth-order valence-electron chi connectivity index (χ4n) is 1.56. The van der Waals surface area contributed by atoms with Gasteiger partial charge in [-0.2, -0.15) is 0 Å². The molecule has 2 aromatic rings. The molecule has 0 amide bonds. The average molecular weight is 253 g/mol. The topological polar surface area (TPSA) is 61.0 Å². The standard InChI is InChI=1S/C15H15N3O/c1-12-5-6-14(13(10-12)4-2-7-16)19-11-15-17-8-3-9-18-15/h3,5-6,8-10H,7,11,16H2,1H3. The first-order valence-electron chi connectivity index (χ1n) is 5.98. The number of aryl methyl sites for hydroxylation is 1. The van der Waals surface area contributed by atoms with Crippen molar-refractivity contribution >= 4 is 0 Å². The van der Waals surface area contributed by atoms with E-state index in [0.29, 0.717) is 19.0 Å². The van der Waals surface area contributed by atoms with Crippen LogP contribution >= 0.6 is 0 Å². The summed E-state index contributed by atoms with van der Waals surface area (Å²) in [4.78, 5) is 8.22. The Labute approximate surface area is 112 Å². The number of hydrogen-bond donors (Lipinski definition) is 1. The molecule has 0 bridgehead atoms. The Morgan fingerprint density at radius 1 is 1.26 bits per heavy atom. The maximum atomic E-state index is 5.71. The lowest BCUT2D eigenvalue weighted by Gasteiger charge is -2.08. The minimum atomic E-state index is 0.321. The van der Waals surface area contributed by atoms with E-state index in [4.69, 9.17) is 10.5 Å². The van der Waals surface area contributed by atoms with Crippen molar-refractivity contribution < 1.29 is 4.74 Å². The van der Waals surface area contributed by atoms with Gasteiger partial charge in [0.15, 0.2) is 5.82 Å². The van der Waals surface area contributed by atoms with Crippen LogP contribution in [-0.2, 0) is 6.61 Å². The van der Waals surface area contributed by atoms with E-state index in [1.807, 2.05) is 25.1 Å². The molecule has 1 aromatic heterocycles. The number of benzene rings is 1. The average Bonchev–Trinajstić information content (AvgIpc) is 2.45. The van der Waals surface area contributed by atoms with Gasteiger partial charge in [-0.25, -0.2) is 9.97 Å². The highest BCUT2D eigenvalue weighted by atomic mass is 16.5. The van der Waals surface area contributed by atoms with Crippen molar-refractivity contribution in [3.8, 4) is 17.6 Å². The second-order valence-corrected chi connectivity index (χ2v) is 3.96. The van der Waals surface area contributed by atoms with Crippen LogP contribution in [0.2, 0.25) is 0 Å². The minimum absolute atomic E-state index is 0.321. The van der Waals surface area contributed by atoms with Gasteiger partial charge in [-0.05, 0) is 30.7 Å². The summed E-state index contributed by atoms with van der Waals surface area (Å²) in [5.74, 6) is 7.21. The van der Waals surface area contributed by atoms with E-state index in [9.17, 15) is 0 Å². The van der Waals surface area contributed by atoms with Crippen LogP contribution in [0.25, 0.3) is 0 Å². The zero-order valence-corrected chi connectivity index (χ0v) is 10.8. The maximum Gasteiger partial charge on any atom is 0.166 e. The molecule has 2 N–H and O–H groups in total. The Kier molecular flexibility index (Phi) is 4.49. The van der Waals surface area contributed by atoms with E-state index in [1.54, 1.807) is 18.5 Å². The van der Waals surface area contributed by atoms with E-state index < -0.39 is 0 Å². The molecule has 0 aliphatic carbocycles. The molecule has 0 spiro atoms. The lowest BCUT2D eigenvalue weighted by atomic mass is 10.1. The Balaban J connectivity index is 2.15. The third-order valence-corrected chi connectivity index (χ3v) is 2.44. The highest BCUT2D eigenvalue weighted by Crippen LogP contribution is 2.19. The molecule has 0 aliphatic rings. The molecule has 0 aliphatic heterocycles. The Bertz CT molecular complexity index is 600. The highest BCUT2D eigenvalue weighted by molar-refractivity contribution is 5.48. The first kappa shape index (κ1) is 13.1. The monoisotopic (exact) mass is 253 g/mol. The lowest BCUT2D eigenvalue weighted by molar-refractivity contribution is 0.295. The van der Waals surface area contributed by atoms with Gasteiger partial charge in [0, 0.05) is 12.4 Å². The van der Waals surface area contributed by atoms with Crippen LogP contribution in [-0.4, -0.2) is 16.5 Å². The van der Waals surface area contributed by atoms with E-state index in [0.717, 1.165) is 16.9 Å². The predicted molar refractivity (Wildman–Crippen MR) is 73.5 cm³/mol. The van der Waals surface area contributed by atoms with Crippen LogP contribution in [0, 0.1) is 18.8 Å². The molecule has 2 rings (SSSR count). The molecule has 1 aromatic carbocycles. The molecule has 0 fully saturated rings. The van der Waals surface area contributed by atoms with Gasteiger partial charge < -0.3 is 10.5 Å². The molecule has 96 valence electrons. The SMILES string of the molecule is Cc1ccc(OCc2ncccn2)c(C#CCN)c1. The van der Waals surface area contributed by atoms with Crippen molar-refractivity contribution in [2.75, 3.05) is 6.54 Å². The zero-order chi connectivity index (χ0) is 13.5. The van der Waals surface area contributed by atoms with Crippen molar-refractivity contribution in [3.63, 3.8) is 0 Å². The van der Waals surface area contributed by atoms with Crippen LogP contribution in [0.3, 0.4) is 0 Å². The van der Waals surface area contributed by atoms with Gasteiger partial charge in [-0.3, -0.25) is 0 Å². The Morgan fingerprint density at radius 2 is 2.05 bits per heavy atom. The molecule has 0 unspecified atom stereocenters. The number of aromatic nitrogens is 2. The second kappa shape index (κ2) is 6.53. The smallest absolute Gasteiger partial charge is 0.166 e. The summed E-state index contributed by atoms with van der Waals surface area (Å²) >= 11 is 0. The third-order valence-electron chi connectivity index (χ3n) is 2.44. The van der Waals surface area contributed by atoms with E-state index >= 15 is 0 Å². The minimum Gasteiger partial charge on any atom is -0.484 e. The van der Waals surface area contributed by atoms with E-state index in [-0.39, 0.29) is 0 Å². The first-order valence-corrected chi connectivity index (χ1v) is 5.98. The van der Waals surface area contributed by atoms with Crippen molar-refractivity contribution in [1.29, 1.82) is 0 Å². The highest BCUT2D eigenvalue weighted by Gasteiger charge is 2.03. The van der Waals surface area contributed by atoms with E-state index in [2.05, 4.69) is 21.8 Å². The summed E-state index contributed by atoms with van der Waals surface area (Å²) in [6.07, 6.45) is 3.38. The quantitative estimate of drug-likeness (QED) is 0.845. The fraction of sp³-hybridized carbons (Fsp3) is 0.200. The maximum absolute atomic E-state index is 5.71. The normalized spacial score (nSPS) is 9.58. The van der Waals surface area contributed by atoms with Crippen LogP contribution in [0.4, 0.5) is 0 Å². The van der Waals surface area contributed by atoms with Crippen molar-refractivity contribution in [1.82, 2.24) is 9.97 Å². The number of hydrogen-bond acceptors (Lipinski definition) is 4. The lowest BCUT2D eigenvalue weighted by Crippen LogP contribution is -2.02. The largest absolute Gasteiger partial charge is 0.484 e. The molecule has 0 atom stereocenters. The van der Waals surface area contributed by atoms with Crippen LogP contribution in [0.1, 0.15) is 17.0 Å². The molecular weight excluding hydrogens is 238 g/mol. The molecule has 0 saturated carbocycles. The molecule has 0 saturated heterocycles. The zero-order valence-electron chi connectivity index (χ0n) is 10.8. The predicted octanol–water partition coefficient (Wildman–Crippen LogP) is 1.67. The number of ether oxygens (including phenoxy) is 1. The number of rotatable bonds is 3. The number of nitrogens with two attached hydrogens (primary N) is 1. The van der Waals surface area contributed by atoms with Crippen LogP contribution in [0.15, 0.2) is 36.7 Å². The number of nitrogens with zero attached hydrogens (tertiary/aromatic N) is 2. The van der Waals surface area contributed by atoms with E-state index in [1.165, 1.54) is 0 Å². The molecule has 19 heavy (non-hydrogen) atoms. The van der Waals surface area contributed by atoms with Gasteiger partial charge >= 0.3 is 0 Å². The Hall–Kier alpha value is -2.38. The van der Waals surface area contributed by atoms with Crippen LogP contribution < -0.4 is 10.5 Å². The van der Waals surface area contributed by atoms with Crippen LogP contribution in [0.5, 0.6) is 5.75 Å². The van der Waals surface area contributed by atoms with Crippen molar-refractivity contribution in [2.24, 2.45) is 5.73 Å². The summed E-state index contributed by atoms with van der Waals surface area (Å²) in [5, 5.41) is 0. The Morgan fingerprint density at radius 3 is 2.79 bits per heavy atom. The van der Waals surface area contributed by atoms with Crippen molar-refractivity contribution in [2.45, 2.75) is 13.5 Å². The second-order valence-electron chi connectivity index (χ2n) is 3.96. The first-order chi connectivity index (χ1) is 9.29. The summed E-state index contributed by atoms with van der Waals surface area (Å²) in [5.41, 5.74) is 7.36. The van der Waals surface area contributed by atoms with Gasteiger partial charge in [0.1, 0.15) is 12.4 Å². The van der Waals surface area contributed by atoms with Gasteiger partial charge in [0.2, 0.25) is 0 Å². The molecule has 0 radical (unpaired) electrons. The summed E-state index contributed by atoms with van der Waals surface area (Å²) in [7, 11) is 0. The van der Waals surface area contributed by atoms with Crippen molar-refractivity contribution in [3.05, 3.63) is 53.6 Å². The molecule has 1 heterocycles. The van der Waals surface area contributed by atoms with Gasteiger partial charge in [0.05, 0.1) is 12.1 Å². The molecule has 4 heteroatoms.